The van der Waals surface area contributed by atoms with Gasteiger partial charge < -0.3 is 28.1 Å². The third-order valence-electron chi connectivity index (χ3n) is 13.5. The van der Waals surface area contributed by atoms with Crippen molar-refractivity contribution < 1.29 is 18.9 Å². The lowest BCUT2D eigenvalue weighted by atomic mass is 9.69. The molecule has 2 fully saturated rings. The summed E-state index contributed by atoms with van der Waals surface area (Å²) in [6.45, 7) is 9.93. The van der Waals surface area contributed by atoms with Crippen molar-refractivity contribution in [2.75, 3.05) is 53.4 Å². The number of para-hydroxylation sites is 2. The third-order valence-corrected chi connectivity index (χ3v) is 13.5. The Morgan fingerprint density at radius 3 is 1.66 bits per heavy atom. The summed E-state index contributed by atoms with van der Waals surface area (Å²) in [6.07, 6.45) is 3.07. The minimum Gasteiger partial charge on any atom is -0.384 e. The van der Waals surface area contributed by atoms with E-state index in [1.807, 2.05) is 7.11 Å². The van der Waals surface area contributed by atoms with Crippen molar-refractivity contribution >= 4 is 43.6 Å². The van der Waals surface area contributed by atoms with Crippen LogP contribution in [0.15, 0.2) is 133 Å². The number of benzene rings is 6. The number of ether oxygens (including phenoxy) is 4. The summed E-state index contributed by atoms with van der Waals surface area (Å²) in [5.41, 5.74) is 12.5. The van der Waals surface area contributed by atoms with Gasteiger partial charge in [0, 0.05) is 56.8 Å². The molecule has 4 heterocycles. The van der Waals surface area contributed by atoms with Crippen LogP contribution in [0, 0.1) is 10.8 Å². The zero-order valence-electron chi connectivity index (χ0n) is 33.9. The lowest BCUT2D eigenvalue weighted by molar-refractivity contribution is -0.149. The van der Waals surface area contributed by atoms with Crippen LogP contribution >= 0.6 is 0 Å². The molecule has 6 nitrogen and oxygen atoms in total. The molecule has 1 atom stereocenters. The molecule has 58 heavy (non-hydrogen) atoms. The Balaban J connectivity index is 0.923. The Morgan fingerprint density at radius 1 is 0.586 bits per heavy atom. The van der Waals surface area contributed by atoms with E-state index in [9.17, 15) is 0 Å². The van der Waals surface area contributed by atoms with Gasteiger partial charge in [0.2, 0.25) is 0 Å². The average molecular weight is 769 g/mol. The molecule has 2 aliphatic rings. The molecule has 0 aliphatic carbocycles. The van der Waals surface area contributed by atoms with Crippen molar-refractivity contribution in [1.29, 1.82) is 0 Å². The van der Waals surface area contributed by atoms with Crippen LogP contribution in [0.25, 0.3) is 66.1 Å². The van der Waals surface area contributed by atoms with Crippen molar-refractivity contribution in [3.63, 3.8) is 0 Å². The maximum atomic E-state index is 6.16. The van der Waals surface area contributed by atoms with Gasteiger partial charge >= 0.3 is 0 Å². The van der Waals surface area contributed by atoms with Crippen molar-refractivity contribution in [3.8, 4) is 22.5 Å². The van der Waals surface area contributed by atoms with Gasteiger partial charge in [0.15, 0.2) is 0 Å². The summed E-state index contributed by atoms with van der Waals surface area (Å²) in [7, 11) is 1.81. The first-order valence-corrected chi connectivity index (χ1v) is 21.0. The largest absolute Gasteiger partial charge is 0.384 e. The van der Waals surface area contributed by atoms with E-state index in [1.54, 1.807) is 0 Å². The van der Waals surface area contributed by atoms with Gasteiger partial charge in [0.1, 0.15) is 0 Å². The van der Waals surface area contributed by atoms with Gasteiger partial charge in [0.05, 0.1) is 68.3 Å². The molecule has 0 spiro atoms. The molecule has 2 aliphatic heterocycles. The fraction of sp³-hybridized carbons (Fsp3) is 0.308. The molecule has 0 bridgehead atoms. The standard InChI is InChI=1S/C52H52N2O4/c1-4-51(32-57-33-51)31-56-27-26-36-14-24-49-44(28-36)42-10-6-8-12-47(42)53(49)40-20-15-37(16-21-40)38-17-22-41(23-18-38)54-48-13-9-7-11-43(48)45-29-39(19-25-50(45)54)46(30-55-3)52(5-2)34-58-35-52/h6-25,28-29,46H,4-5,26-27,30-35H2,1-3H3. The summed E-state index contributed by atoms with van der Waals surface area (Å²) < 4.78 is 28.0. The predicted molar refractivity (Wildman–Crippen MR) is 237 cm³/mol. The van der Waals surface area contributed by atoms with Gasteiger partial charge in [-0.15, -0.1) is 0 Å². The topological polar surface area (TPSA) is 46.8 Å². The van der Waals surface area contributed by atoms with E-state index in [0.29, 0.717) is 6.61 Å². The van der Waals surface area contributed by atoms with Crippen molar-refractivity contribution in [1.82, 2.24) is 9.13 Å². The number of hydrogen-bond donors (Lipinski definition) is 0. The third kappa shape index (κ3) is 6.25. The highest BCUT2D eigenvalue weighted by atomic mass is 16.5. The fourth-order valence-corrected chi connectivity index (χ4v) is 9.61. The Morgan fingerprint density at radius 2 is 1.14 bits per heavy atom. The second-order valence-corrected chi connectivity index (χ2v) is 16.8. The second kappa shape index (κ2) is 15.2. The number of methoxy groups -OCH3 is 1. The summed E-state index contributed by atoms with van der Waals surface area (Å²) in [5, 5.41) is 5.08. The smallest absolute Gasteiger partial charge is 0.0566 e. The molecule has 6 heteroatoms. The Kier molecular flexibility index (Phi) is 9.69. The van der Waals surface area contributed by atoms with Crippen LogP contribution in [0.1, 0.15) is 43.7 Å². The summed E-state index contributed by atoms with van der Waals surface area (Å²) in [6, 6.07) is 49.5. The first-order valence-electron chi connectivity index (χ1n) is 21.0. The van der Waals surface area contributed by atoms with Crippen LogP contribution in [0.2, 0.25) is 0 Å². The molecule has 1 unspecified atom stereocenters. The minimum atomic E-state index is 0.128. The average Bonchev–Trinajstić information content (AvgIpc) is 3.75. The summed E-state index contributed by atoms with van der Waals surface area (Å²) in [4.78, 5) is 0. The monoisotopic (exact) mass is 768 g/mol. The highest BCUT2D eigenvalue weighted by Crippen LogP contribution is 2.46. The van der Waals surface area contributed by atoms with Crippen LogP contribution in [-0.2, 0) is 25.4 Å². The van der Waals surface area contributed by atoms with Crippen molar-refractivity contribution in [2.24, 2.45) is 10.8 Å². The van der Waals surface area contributed by atoms with Crippen molar-refractivity contribution in [2.45, 2.75) is 39.0 Å². The normalized spacial score (nSPS) is 16.5. The Labute approximate surface area is 340 Å². The lowest BCUT2D eigenvalue weighted by Gasteiger charge is -2.47. The van der Waals surface area contributed by atoms with E-state index < -0.39 is 0 Å². The molecule has 0 radical (unpaired) electrons. The van der Waals surface area contributed by atoms with E-state index in [4.69, 9.17) is 18.9 Å². The maximum Gasteiger partial charge on any atom is 0.0566 e. The first-order chi connectivity index (χ1) is 28.5. The number of hydrogen-bond acceptors (Lipinski definition) is 4. The number of rotatable bonds is 14. The minimum absolute atomic E-state index is 0.128. The molecular weight excluding hydrogens is 717 g/mol. The van der Waals surface area contributed by atoms with Crippen LogP contribution in [-0.4, -0.2) is 62.5 Å². The molecule has 0 N–H and O–H groups in total. The molecule has 8 aromatic rings. The van der Waals surface area contributed by atoms with Gasteiger partial charge in [-0.2, -0.15) is 0 Å². The van der Waals surface area contributed by atoms with Gasteiger partial charge in [-0.1, -0.05) is 86.6 Å². The second-order valence-electron chi connectivity index (χ2n) is 16.8. The Hall–Kier alpha value is -5.24. The number of aromatic nitrogens is 2. The summed E-state index contributed by atoms with van der Waals surface area (Å²) >= 11 is 0. The first kappa shape index (κ1) is 37.1. The SMILES string of the molecule is CCC1(COCCc2ccc3c(c2)c2ccccc2n3-c2ccc(-c3ccc(-n4c5ccccc5c5cc(C(COC)C6(CC)COC6)ccc54)cc3)cc2)COC1. The molecule has 10 rings (SSSR count). The molecular formula is C52H52N2O4. The van der Waals surface area contributed by atoms with E-state index in [2.05, 4.69) is 156 Å². The highest BCUT2D eigenvalue weighted by molar-refractivity contribution is 6.10. The molecule has 294 valence electrons. The van der Waals surface area contributed by atoms with Gasteiger partial charge in [-0.25, -0.2) is 0 Å². The summed E-state index contributed by atoms with van der Waals surface area (Å²) in [5.74, 6) is 0.290. The van der Waals surface area contributed by atoms with E-state index in [1.165, 1.54) is 65.9 Å². The highest BCUT2D eigenvalue weighted by Gasteiger charge is 2.45. The molecule has 0 amide bonds. The van der Waals surface area contributed by atoms with Crippen LogP contribution in [0.3, 0.4) is 0 Å². The van der Waals surface area contributed by atoms with Gasteiger partial charge in [-0.3, -0.25) is 0 Å². The van der Waals surface area contributed by atoms with Crippen LogP contribution < -0.4 is 0 Å². The Bertz CT molecular complexity index is 2720. The van der Waals surface area contributed by atoms with Gasteiger partial charge in [0.25, 0.3) is 0 Å². The van der Waals surface area contributed by atoms with E-state index in [0.717, 1.165) is 70.3 Å². The lowest BCUT2D eigenvalue weighted by Crippen LogP contribution is -2.48. The van der Waals surface area contributed by atoms with E-state index in [-0.39, 0.29) is 16.7 Å². The van der Waals surface area contributed by atoms with E-state index >= 15 is 0 Å². The fourth-order valence-electron chi connectivity index (χ4n) is 9.61. The predicted octanol–water partition coefficient (Wildman–Crippen LogP) is 11.7. The van der Waals surface area contributed by atoms with Crippen molar-refractivity contribution in [3.05, 3.63) is 145 Å². The molecule has 6 aromatic carbocycles. The maximum absolute atomic E-state index is 6.16. The molecule has 0 saturated carbocycles. The van der Waals surface area contributed by atoms with Crippen LogP contribution in [0.5, 0.6) is 0 Å². The number of fused-ring (bicyclic) bond motifs is 6. The zero-order chi connectivity index (χ0) is 39.3. The van der Waals surface area contributed by atoms with Crippen LogP contribution in [0.4, 0.5) is 0 Å². The quantitative estimate of drug-likeness (QED) is 0.103. The molecule has 2 aromatic heterocycles. The number of nitrogens with zero attached hydrogens (tertiary/aromatic N) is 2. The van der Waals surface area contributed by atoms with Gasteiger partial charge in [-0.05, 0) is 102 Å². The zero-order valence-corrected chi connectivity index (χ0v) is 33.9. The molecule has 2 saturated heterocycles.